The molecular formula is C13H26N2. The molecule has 0 bridgehead atoms. The first-order valence-corrected chi connectivity index (χ1v) is 6.05. The summed E-state index contributed by atoms with van der Waals surface area (Å²) in [5, 5.41) is 8.90. The van der Waals surface area contributed by atoms with E-state index in [9.17, 15) is 0 Å². The lowest BCUT2D eigenvalue weighted by molar-refractivity contribution is 0.241. The number of rotatable bonds is 7. The van der Waals surface area contributed by atoms with Crippen molar-refractivity contribution < 1.29 is 0 Å². The quantitative estimate of drug-likeness (QED) is 0.644. The summed E-state index contributed by atoms with van der Waals surface area (Å²) in [5.41, 5.74) is -0.156. The van der Waals surface area contributed by atoms with E-state index in [1.165, 1.54) is 6.54 Å². The van der Waals surface area contributed by atoms with Crippen LogP contribution in [0.3, 0.4) is 0 Å². The van der Waals surface area contributed by atoms with Gasteiger partial charge in [-0.3, -0.25) is 0 Å². The highest BCUT2D eigenvalue weighted by Crippen LogP contribution is 2.20. The highest BCUT2D eigenvalue weighted by Gasteiger charge is 2.16. The molecule has 0 atom stereocenters. The molecule has 15 heavy (non-hydrogen) atoms. The summed E-state index contributed by atoms with van der Waals surface area (Å²) >= 11 is 0. The van der Waals surface area contributed by atoms with E-state index >= 15 is 0 Å². The summed E-state index contributed by atoms with van der Waals surface area (Å²) in [4.78, 5) is 2.47. The largest absolute Gasteiger partial charge is 0.303 e. The fourth-order valence-electron chi connectivity index (χ4n) is 1.70. The topological polar surface area (TPSA) is 27.0 Å². The van der Waals surface area contributed by atoms with Gasteiger partial charge in [0.2, 0.25) is 0 Å². The van der Waals surface area contributed by atoms with Crippen molar-refractivity contribution in [1.29, 1.82) is 5.26 Å². The Morgan fingerprint density at radius 3 is 2.33 bits per heavy atom. The summed E-state index contributed by atoms with van der Waals surface area (Å²) in [6.07, 6.45) is 2.12. The van der Waals surface area contributed by atoms with Crippen molar-refractivity contribution >= 4 is 0 Å². The number of hydrogen-bond acceptors (Lipinski definition) is 2. The molecule has 0 N–H and O–H groups in total. The van der Waals surface area contributed by atoms with Gasteiger partial charge < -0.3 is 4.90 Å². The van der Waals surface area contributed by atoms with Crippen LogP contribution < -0.4 is 0 Å². The van der Waals surface area contributed by atoms with E-state index in [1.807, 2.05) is 13.8 Å². The SMILES string of the molecule is CCN(CCCC(C)(C)C#N)CC(C)C. The van der Waals surface area contributed by atoms with E-state index in [0.29, 0.717) is 0 Å². The molecule has 0 aromatic heterocycles. The molecule has 0 amide bonds. The third-order valence-corrected chi connectivity index (χ3v) is 2.65. The first-order valence-electron chi connectivity index (χ1n) is 6.05. The maximum atomic E-state index is 8.90. The molecule has 0 radical (unpaired) electrons. The average molecular weight is 210 g/mol. The molecule has 0 unspecified atom stereocenters. The van der Waals surface area contributed by atoms with Crippen LogP contribution in [0.15, 0.2) is 0 Å². The Kier molecular flexibility index (Phi) is 6.60. The number of nitrogens with zero attached hydrogens (tertiary/aromatic N) is 2. The van der Waals surface area contributed by atoms with Crippen LogP contribution >= 0.6 is 0 Å². The summed E-state index contributed by atoms with van der Waals surface area (Å²) < 4.78 is 0. The van der Waals surface area contributed by atoms with Gasteiger partial charge in [-0.05, 0) is 45.7 Å². The van der Waals surface area contributed by atoms with Crippen LogP contribution in [0.5, 0.6) is 0 Å². The Labute approximate surface area is 95.3 Å². The molecular weight excluding hydrogens is 184 g/mol. The Morgan fingerprint density at radius 1 is 1.33 bits per heavy atom. The molecule has 0 aromatic rings. The molecule has 0 saturated carbocycles. The van der Waals surface area contributed by atoms with E-state index in [1.54, 1.807) is 0 Å². The van der Waals surface area contributed by atoms with Crippen molar-refractivity contribution in [3.05, 3.63) is 0 Å². The normalized spacial score (nSPS) is 12.1. The van der Waals surface area contributed by atoms with Crippen LogP contribution in [0.2, 0.25) is 0 Å². The molecule has 88 valence electrons. The first-order chi connectivity index (χ1) is 6.91. The fraction of sp³-hybridized carbons (Fsp3) is 0.923. The zero-order valence-corrected chi connectivity index (χ0v) is 11.0. The lowest BCUT2D eigenvalue weighted by Gasteiger charge is -2.24. The second-order valence-corrected chi connectivity index (χ2v) is 5.39. The predicted octanol–water partition coefficient (Wildman–Crippen LogP) is 3.29. The third kappa shape index (κ3) is 7.39. The summed E-state index contributed by atoms with van der Waals surface area (Å²) in [7, 11) is 0. The molecule has 0 heterocycles. The van der Waals surface area contributed by atoms with Crippen molar-refractivity contribution in [3.8, 4) is 6.07 Å². The molecule has 0 saturated heterocycles. The first kappa shape index (κ1) is 14.5. The van der Waals surface area contributed by atoms with Gasteiger partial charge in [-0.25, -0.2) is 0 Å². The molecule has 0 rings (SSSR count). The number of nitriles is 1. The summed E-state index contributed by atoms with van der Waals surface area (Å²) in [6, 6.07) is 2.36. The van der Waals surface area contributed by atoms with Crippen LogP contribution in [0.1, 0.15) is 47.5 Å². The standard InChI is InChI=1S/C13H26N2/c1-6-15(10-12(2)3)9-7-8-13(4,5)11-14/h12H,6-10H2,1-5H3. The fourth-order valence-corrected chi connectivity index (χ4v) is 1.70. The second kappa shape index (κ2) is 6.85. The minimum absolute atomic E-state index is 0.156. The van der Waals surface area contributed by atoms with Crippen molar-refractivity contribution in [2.45, 2.75) is 47.5 Å². The van der Waals surface area contributed by atoms with Crippen molar-refractivity contribution in [2.75, 3.05) is 19.6 Å². The van der Waals surface area contributed by atoms with Gasteiger partial charge >= 0.3 is 0 Å². The minimum atomic E-state index is -0.156. The van der Waals surface area contributed by atoms with Crippen LogP contribution in [0, 0.1) is 22.7 Å². The van der Waals surface area contributed by atoms with Crippen LogP contribution in [-0.2, 0) is 0 Å². The minimum Gasteiger partial charge on any atom is -0.303 e. The van der Waals surface area contributed by atoms with E-state index < -0.39 is 0 Å². The lowest BCUT2D eigenvalue weighted by Crippen LogP contribution is -2.29. The molecule has 0 aliphatic heterocycles. The Balaban J connectivity index is 3.78. The van der Waals surface area contributed by atoms with Crippen LogP contribution in [-0.4, -0.2) is 24.5 Å². The zero-order chi connectivity index (χ0) is 11.9. The van der Waals surface area contributed by atoms with E-state index in [0.717, 1.165) is 31.8 Å². The summed E-state index contributed by atoms with van der Waals surface area (Å²) in [5.74, 6) is 0.730. The average Bonchev–Trinajstić information content (AvgIpc) is 2.15. The smallest absolute Gasteiger partial charge is 0.0683 e. The van der Waals surface area contributed by atoms with E-state index in [4.69, 9.17) is 5.26 Å². The maximum absolute atomic E-state index is 8.90. The van der Waals surface area contributed by atoms with E-state index in [-0.39, 0.29) is 5.41 Å². The van der Waals surface area contributed by atoms with Gasteiger partial charge in [-0.1, -0.05) is 20.8 Å². The van der Waals surface area contributed by atoms with Crippen LogP contribution in [0.25, 0.3) is 0 Å². The van der Waals surface area contributed by atoms with Crippen molar-refractivity contribution in [1.82, 2.24) is 4.90 Å². The molecule has 0 fully saturated rings. The van der Waals surface area contributed by atoms with Gasteiger partial charge in [-0.15, -0.1) is 0 Å². The Hall–Kier alpha value is -0.550. The predicted molar refractivity (Wildman–Crippen MR) is 65.6 cm³/mol. The Bertz CT molecular complexity index is 201. The van der Waals surface area contributed by atoms with Gasteiger partial charge in [0.15, 0.2) is 0 Å². The summed E-state index contributed by atoms with van der Waals surface area (Å²) in [6.45, 7) is 14.2. The monoisotopic (exact) mass is 210 g/mol. The lowest BCUT2D eigenvalue weighted by atomic mass is 9.90. The van der Waals surface area contributed by atoms with Crippen molar-refractivity contribution in [2.24, 2.45) is 11.3 Å². The third-order valence-electron chi connectivity index (χ3n) is 2.65. The van der Waals surface area contributed by atoms with Gasteiger partial charge in [0, 0.05) is 6.54 Å². The molecule has 2 heteroatoms. The second-order valence-electron chi connectivity index (χ2n) is 5.39. The highest BCUT2D eigenvalue weighted by molar-refractivity contribution is 4.91. The maximum Gasteiger partial charge on any atom is 0.0683 e. The molecule has 0 spiro atoms. The van der Waals surface area contributed by atoms with Gasteiger partial charge in [-0.2, -0.15) is 5.26 Å². The molecule has 0 aromatic carbocycles. The number of hydrogen-bond donors (Lipinski definition) is 0. The van der Waals surface area contributed by atoms with E-state index in [2.05, 4.69) is 31.7 Å². The van der Waals surface area contributed by atoms with Gasteiger partial charge in [0.05, 0.1) is 11.5 Å². The molecule has 0 aliphatic rings. The molecule has 2 nitrogen and oxygen atoms in total. The zero-order valence-electron chi connectivity index (χ0n) is 11.0. The van der Waals surface area contributed by atoms with Crippen LogP contribution in [0.4, 0.5) is 0 Å². The van der Waals surface area contributed by atoms with Gasteiger partial charge in [0.25, 0.3) is 0 Å². The highest BCUT2D eigenvalue weighted by atomic mass is 15.1. The molecule has 0 aliphatic carbocycles. The van der Waals surface area contributed by atoms with Crippen molar-refractivity contribution in [3.63, 3.8) is 0 Å². The van der Waals surface area contributed by atoms with Gasteiger partial charge in [0.1, 0.15) is 0 Å². The Morgan fingerprint density at radius 2 is 1.93 bits per heavy atom.